The van der Waals surface area contributed by atoms with Gasteiger partial charge in [0.1, 0.15) is 0 Å². The quantitative estimate of drug-likeness (QED) is 0.794. The highest BCUT2D eigenvalue weighted by molar-refractivity contribution is 6.33. The van der Waals surface area contributed by atoms with Crippen LogP contribution in [0, 0.1) is 0 Å². The largest absolute Gasteiger partial charge is 0.327 e. The van der Waals surface area contributed by atoms with Crippen molar-refractivity contribution in [2.45, 2.75) is 37.6 Å². The first-order valence-electron chi connectivity index (χ1n) is 5.39. The van der Waals surface area contributed by atoms with Crippen molar-refractivity contribution in [3.63, 3.8) is 0 Å². The number of halogens is 2. The van der Waals surface area contributed by atoms with Gasteiger partial charge >= 0.3 is 0 Å². The molecule has 1 aliphatic carbocycles. The van der Waals surface area contributed by atoms with Crippen molar-refractivity contribution in [3.05, 3.63) is 33.8 Å². The second kappa shape index (κ2) is 4.73. The summed E-state index contributed by atoms with van der Waals surface area (Å²) in [6, 6.07) is 5.87. The SMILES string of the molecule is N[C@@H]1CCCC[C@@H]1c1cc(Cl)ccc1Cl. The van der Waals surface area contributed by atoms with Gasteiger partial charge in [0.15, 0.2) is 0 Å². The van der Waals surface area contributed by atoms with Crippen LogP contribution in [-0.2, 0) is 0 Å². The molecule has 0 spiro atoms. The maximum atomic E-state index is 6.18. The van der Waals surface area contributed by atoms with Crippen molar-refractivity contribution in [2.24, 2.45) is 5.73 Å². The highest BCUT2D eigenvalue weighted by Gasteiger charge is 2.25. The van der Waals surface area contributed by atoms with Gasteiger partial charge in [-0.2, -0.15) is 0 Å². The number of hydrogen-bond donors (Lipinski definition) is 1. The molecule has 3 heteroatoms. The van der Waals surface area contributed by atoms with E-state index in [1.807, 2.05) is 18.2 Å². The number of nitrogens with two attached hydrogens (primary N) is 1. The van der Waals surface area contributed by atoms with Gasteiger partial charge in [0.05, 0.1) is 0 Å². The first-order chi connectivity index (χ1) is 7.18. The Bertz CT molecular complexity index is 351. The first-order valence-corrected chi connectivity index (χ1v) is 6.14. The summed E-state index contributed by atoms with van der Waals surface area (Å²) in [6.07, 6.45) is 4.69. The Morgan fingerprint density at radius 1 is 1.13 bits per heavy atom. The molecule has 0 amide bonds. The van der Waals surface area contributed by atoms with E-state index < -0.39 is 0 Å². The predicted molar refractivity (Wildman–Crippen MR) is 65.6 cm³/mol. The monoisotopic (exact) mass is 243 g/mol. The molecule has 2 atom stereocenters. The van der Waals surface area contributed by atoms with Gasteiger partial charge < -0.3 is 5.73 Å². The lowest BCUT2D eigenvalue weighted by atomic mass is 9.80. The van der Waals surface area contributed by atoms with Gasteiger partial charge in [-0.1, -0.05) is 36.0 Å². The lowest BCUT2D eigenvalue weighted by molar-refractivity contribution is 0.385. The summed E-state index contributed by atoms with van der Waals surface area (Å²) in [5, 5.41) is 1.54. The van der Waals surface area contributed by atoms with Crippen LogP contribution in [0.4, 0.5) is 0 Å². The predicted octanol–water partition coefficient (Wildman–Crippen LogP) is 3.98. The third kappa shape index (κ3) is 2.47. The molecule has 0 saturated heterocycles. The van der Waals surface area contributed by atoms with E-state index in [1.165, 1.54) is 12.8 Å². The third-order valence-electron chi connectivity index (χ3n) is 3.18. The Balaban J connectivity index is 2.30. The second-order valence-electron chi connectivity index (χ2n) is 4.22. The summed E-state index contributed by atoms with van der Waals surface area (Å²) in [6.45, 7) is 0. The smallest absolute Gasteiger partial charge is 0.0442 e. The number of rotatable bonds is 1. The highest BCUT2D eigenvalue weighted by atomic mass is 35.5. The fourth-order valence-electron chi connectivity index (χ4n) is 2.34. The molecular formula is C12H15Cl2N. The minimum Gasteiger partial charge on any atom is -0.327 e. The molecule has 1 aliphatic rings. The van der Waals surface area contributed by atoms with Crippen LogP contribution in [0.3, 0.4) is 0 Å². The van der Waals surface area contributed by atoms with E-state index in [4.69, 9.17) is 28.9 Å². The maximum Gasteiger partial charge on any atom is 0.0442 e. The molecule has 0 bridgehead atoms. The van der Waals surface area contributed by atoms with Gasteiger partial charge in [0, 0.05) is 22.0 Å². The second-order valence-corrected chi connectivity index (χ2v) is 5.06. The molecule has 1 aromatic rings. The van der Waals surface area contributed by atoms with Crippen molar-refractivity contribution >= 4 is 23.2 Å². The maximum absolute atomic E-state index is 6.18. The van der Waals surface area contributed by atoms with Gasteiger partial charge in [-0.25, -0.2) is 0 Å². The van der Waals surface area contributed by atoms with Crippen molar-refractivity contribution in [1.29, 1.82) is 0 Å². The third-order valence-corrected chi connectivity index (χ3v) is 3.76. The Hall–Kier alpha value is -0.240. The molecule has 1 aromatic carbocycles. The standard InChI is InChI=1S/C12H15Cl2N/c13-8-5-6-11(14)10(7-8)9-3-1-2-4-12(9)15/h5-7,9,12H,1-4,15H2/t9-,12-/m1/s1. The van der Waals surface area contributed by atoms with Crippen LogP contribution in [0.25, 0.3) is 0 Å². The zero-order chi connectivity index (χ0) is 10.8. The molecule has 1 nitrogen and oxygen atoms in total. The van der Waals surface area contributed by atoms with E-state index in [2.05, 4.69) is 0 Å². The average Bonchev–Trinajstić information content (AvgIpc) is 2.23. The fraction of sp³-hybridized carbons (Fsp3) is 0.500. The van der Waals surface area contributed by atoms with E-state index in [1.54, 1.807) is 0 Å². The summed E-state index contributed by atoms with van der Waals surface area (Å²) in [4.78, 5) is 0. The van der Waals surface area contributed by atoms with Crippen LogP contribution in [0.2, 0.25) is 10.0 Å². The van der Waals surface area contributed by atoms with Gasteiger partial charge in [0.25, 0.3) is 0 Å². The molecule has 2 rings (SSSR count). The van der Waals surface area contributed by atoms with E-state index in [0.29, 0.717) is 5.92 Å². The summed E-state index contributed by atoms with van der Waals surface area (Å²) in [5.74, 6) is 0.380. The van der Waals surface area contributed by atoms with Crippen LogP contribution in [0.1, 0.15) is 37.2 Å². The fourth-order valence-corrected chi connectivity index (χ4v) is 2.78. The molecule has 2 N–H and O–H groups in total. The van der Waals surface area contributed by atoms with Crippen molar-refractivity contribution in [3.8, 4) is 0 Å². The molecular weight excluding hydrogens is 229 g/mol. The molecule has 82 valence electrons. The van der Waals surface area contributed by atoms with Crippen LogP contribution in [0.15, 0.2) is 18.2 Å². The van der Waals surface area contributed by atoms with Gasteiger partial charge in [-0.05, 0) is 36.6 Å². The van der Waals surface area contributed by atoms with Crippen molar-refractivity contribution < 1.29 is 0 Å². The lowest BCUT2D eigenvalue weighted by Crippen LogP contribution is -2.31. The van der Waals surface area contributed by atoms with E-state index in [9.17, 15) is 0 Å². The minimum atomic E-state index is 0.231. The molecule has 0 radical (unpaired) electrons. The molecule has 1 fully saturated rings. The van der Waals surface area contributed by atoms with Crippen LogP contribution >= 0.6 is 23.2 Å². The van der Waals surface area contributed by atoms with E-state index >= 15 is 0 Å². The molecule has 1 saturated carbocycles. The van der Waals surface area contributed by atoms with E-state index in [0.717, 1.165) is 28.5 Å². The summed E-state index contributed by atoms with van der Waals surface area (Å²) in [7, 11) is 0. The molecule has 0 unspecified atom stereocenters. The van der Waals surface area contributed by atoms with Gasteiger partial charge in [0.2, 0.25) is 0 Å². The van der Waals surface area contributed by atoms with Crippen molar-refractivity contribution in [2.75, 3.05) is 0 Å². The van der Waals surface area contributed by atoms with Crippen molar-refractivity contribution in [1.82, 2.24) is 0 Å². The van der Waals surface area contributed by atoms with Crippen LogP contribution in [0.5, 0.6) is 0 Å². The van der Waals surface area contributed by atoms with Gasteiger partial charge in [-0.3, -0.25) is 0 Å². The first kappa shape index (κ1) is 11.3. The Morgan fingerprint density at radius 2 is 1.87 bits per heavy atom. The Morgan fingerprint density at radius 3 is 2.60 bits per heavy atom. The number of hydrogen-bond acceptors (Lipinski definition) is 1. The zero-order valence-corrected chi connectivity index (χ0v) is 10.1. The Kier molecular flexibility index (Phi) is 3.55. The molecule has 0 aliphatic heterocycles. The van der Waals surface area contributed by atoms with E-state index in [-0.39, 0.29) is 6.04 Å². The number of benzene rings is 1. The topological polar surface area (TPSA) is 26.0 Å². The molecule has 15 heavy (non-hydrogen) atoms. The Labute approximate surface area is 101 Å². The zero-order valence-electron chi connectivity index (χ0n) is 8.55. The summed E-state index contributed by atoms with van der Waals surface area (Å²) < 4.78 is 0. The normalized spacial score (nSPS) is 26.6. The highest BCUT2D eigenvalue weighted by Crippen LogP contribution is 2.36. The summed E-state index contributed by atoms with van der Waals surface area (Å²) >= 11 is 12.2. The minimum absolute atomic E-state index is 0.231. The summed E-state index contributed by atoms with van der Waals surface area (Å²) in [5.41, 5.74) is 7.25. The lowest BCUT2D eigenvalue weighted by Gasteiger charge is -2.29. The molecule has 0 aromatic heterocycles. The molecule has 0 heterocycles. The van der Waals surface area contributed by atoms with Crippen LogP contribution in [-0.4, -0.2) is 6.04 Å². The van der Waals surface area contributed by atoms with Crippen LogP contribution < -0.4 is 5.73 Å². The van der Waals surface area contributed by atoms with Gasteiger partial charge in [-0.15, -0.1) is 0 Å². The average molecular weight is 244 g/mol.